The maximum atomic E-state index is 14.4. The van der Waals surface area contributed by atoms with E-state index in [0.29, 0.717) is 11.5 Å². The lowest BCUT2D eigenvalue weighted by Gasteiger charge is -2.24. The number of fused-ring (bicyclic) bond motifs is 7. The van der Waals surface area contributed by atoms with Crippen molar-refractivity contribution in [1.82, 2.24) is 0 Å². The van der Waals surface area contributed by atoms with E-state index in [1.165, 1.54) is 0 Å². The molecular weight excluding hydrogens is 443 g/mol. The van der Waals surface area contributed by atoms with Crippen molar-refractivity contribution in [1.29, 1.82) is 0 Å². The molecule has 0 N–H and O–H groups in total. The Hall–Kier alpha value is -3.75. The van der Waals surface area contributed by atoms with Crippen molar-refractivity contribution < 1.29 is 18.3 Å². The molecular formula is C29H23O4P. The van der Waals surface area contributed by atoms with Crippen LogP contribution in [0.4, 0.5) is 0 Å². The molecule has 5 aromatic rings. The summed E-state index contributed by atoms with van der Waals surface area (Å²) in [5.74, 6) is 1.88. The summed E-state index contributed by atoms with van der Waals surface area (Å²) in [6.07, 6.45) is 0. The fourth-order valence-electron chi connectivity index (χ4n) is 4.69. The molecule has 0 spiro atoms. The highest BCUT2D eigenvalue weighted by Crippen LogP contribution is 2.65. The minimum atomic E-state index is -3.65. The summed E-state index contributed by atoms with van der Waals surface area (Å²) in [4.78, 5) is 0. The first-order chi connectivity index (χ1) is 16.6. The SMILES string of the molecule is COc1ccc(C(C)P2(=O)Oc3ccc4ccccc4c3-c3c(ccc4ccccc34)O2)cc1. The van der Waals surface area contributed by atoms with Gasteiger partial charge in [-0.2, -0.15) is 0 Å². The summed E-state index contributed by atoms with van der Waals surface area (Å²) in [7, 11) is -2.03. The highest BCUT2D eigenvalue weighted by Gasteiger charge is 2.41. The lowest BCUT2D eigenvalue weighted by atomic mass is 9.92. The third-order valence-corrected chi connectivity index (χ3v) is 8.70. The zero-order chi connectivity index (χ0) is 23.3. The molecule has 0 saturated carbocycles. The van der Waals surface area contributed by atoms with E-state index in [2.05, 4.69) is 24.3 Å². The van der Waals surface area contributed by atoms with Gasteiger partial charge in [0.25, 0.3) is 0 Å². The van der Waals surface area contributed by atoms with Crippen molar-refractivity contribution in [2.45, 2.75) is 12.6 Å². The van der Waals surface area contributed by atoms with Gasteiger partial charge in [0, 0.05) is 11.1 Å². The highest BCUT2D eigenvalue weighted by molar-refractivity contribution is 7.55. The number of benzene rings is 5. The summed E-state index contributed by atoms with van der Waals surface area (Å²) in [5.41, 5.74) is 2.18. The second-order valence-corrected chi connectivity index (χ2v) is 10.7. The molecule has 0 saturated heterocycles. The summed E-state index contributed by atoms with van der Waals surface area (Å²) in [6, 6.07) is 31.7. The van der Waals surface area contributed by atoms with Crippen molar-refractivity contribution in [3.05, 3.63) is 103 Å². The van der Waals surface area contributed by atoms with Gasteiger partial charge in [0.15, 0.2) is 0 Å². The molecule has 1 aliphatic heterocycles. The third kappa shape index (κ3) is 3.26. The molecule has 1 heterocycles. The molecule has 5 heteroatoms. The summed E-state index contributed by atoms with van der Waals surface area (Å²) >= 11 is 0. The van der Waals surface area contributed by atoms with Crippen LogP contribution in [-0.2, 0) is 4.57 Å². The van der Waals surface area contributed by atoms with Gasteiger partial charge in [-0.15, -0.1) is 0 Å². The van der Waals surface area contributed by atoms with Gasteiger partial charge in [-0.05, 0) is 58.3 Å². The Kier molecular flexibility index (Phi) is 4.86. The zero-order valence-corrected chi connectivity index (χ0v) is 19.8. The van der Waals surface area contributed by atoms with Gasteiger partial charge in [-0.1, -0.05) is 72.8 Å². The van der Waals surface area contributed by atoms with Gasteiger partial charge in [-0.25, -0.2) is 4.57 Å². The Morgan fingerprint density at radius 1 is 0.676 bits per heavy atom. The molecule has 0 radical (unpaired) electrons. The molecule has 0 amide bonds. The Bertz CT molecular complexity index is 1500. The van der Waals surface area contributed by atoms with Crippen molar-refractivity contribution in [3.8, 4) is 28.4 Å². The van der Waals surface area contributed by atoms with Crippen molar-refractivity contribution >= 4 is 29.1 Å². The van der Waals surface area contributed by atoms with Crippen LogP contribution in [-0.4, -0.2) is 7.11 Å². The van der Waals surface area contributed by atoms with Crippen LogP contribution in [0.5, 0.6) is 17.2 Å². The van der Waals surface area contributed by atoms with Crippen molar-refractivity contribution in [3.63, 3.8) is 0 Å². The molecule has 4 nitrogen and oxygen atoms in total. The van der Waals surface area contributed by atoms with Crippen LogP contribution >= 0.6 is 7.60 Å². The predicted molar refractivity (Wildman–Crippen MR) is 137 cm³/mol. The van der Waals surface area contributed by atoms with Crippen LogP contribution in [0.15, 0.2) is 97.1 Å². The fourth-order valence-corrected chi connectivity index (χ4v) is 6.43. The summed E-state index contributed by atoms with van der Waals surface area (Å²) < 4.78 is 32.4. The first-order valence-electron chi connectivity index (χ1n) is 11.2. The lowest BCUT2D eigenvalue weighted by molar-refractivity contribution is 0.380. The van der Waals surface area contributed by atoms with Gasteiger partial charge in [0.2, 0.25) is 0 Å². The molecule has 0 aliphatic carbocycles. The molecule has 1 unspecified atom stereocenters. The van der Waals surface area contributed by atoms with Gasteiger partial charge >= 0.3 is 7.60 Å². The molecule has 0 aromatic heterocycles. The Morgan fingerprint density at radius 2 is 1.18 bits per heavy atom. The van der Waals surface area contributed by atoms with E-state index in [1.807, 2.05) is 79.7 Å². The Morgan fingerprint density at radius 3 is 1.68 bits per heavy atom. The zero-order valence-electron chi connectivity index (χ0n) is 18.9. The van der Waals surface area contributed by atoms with Crippen molar-refractivity contribution in [2.24, 2.45) is 0 Å². The van der Waals surface area contributed by atoms with Gasteiger partial charge < -0.3 is 13.8 Å². The van der Waals surface area contributed by atoms with Gasteiger partial charge in [-0.3, -0.25) is 0 Å². The van der Waals surface area contributed by atoms with Crippen LogP contribution in [0.25, 0.3) is 32.7 Å². The van der Waals surface area contributed by atoms with E-state index < -0.39 is 13.3 Å². The van der Waals surface area contributed by atoms with E-state index >= 15 is 0 Å². The molecule has 168 valence electrons. The number of rotatable bonds is 3. The lowest BCUT2D eigenvalue weighted by Crippen LogP contribution is -2.07. The van der Waals surface area contributed by atoms with Crippen LogP contribution in [0, 0.1) is 0 Å². The van der Waals surface area contributed by atoms with E-state index in [0.717, 1.165) is 44.0 Å². The number of hydrogen-bond donors (Lipinski definition) is 0. The normalized spacial score (nSPS) is 14.9. The van der Waals surface area contributed by atoms with Crippen LogP contribution in [0.3, 0.4) is 0 Å². The van der Waals surface area contributed by atoms with Gasteiger partial charge in [0.05, 0.1) is 7.11 Å². The minimum absolute atomic E-state index is 0.491. The maximum absolute atomic E-state index is 14.4. The first kappa shape index (κ1) is 20.8. The standard InChI is InChI=1S/C29H23O4P/c1-19(20-11-15-23(31-2)16-12-20)34(30)32-26-17-13-21-7-3-5-9-24(21)28(26)29-25-10-6-4-8-22(25)14-18-27(29)33-34/h3-19H,1-2H3. The number of hydrogen-bond acceptors (Lipinski definition) is 4. The summed E-state index contributed by atoms with van der Waals surface area (Å²) in [6.45, 7) is 1.88. The average Bonchev–Trinajstić information content (AvgIpc) is 3.02. The van der Waals surface area contributed by atoms with E-state index in [4.69, 9.17) is 13.8 Å². The average molecular weight is 466 g/mol. The first-order valence-corrected chi connectivity index (χ1v) is 12.9. The van der Waals surface area contributed by atoms with E-state index in [1.54, 1.807) is 7.11 Å². The molecule has 5 aromatic carbocycles. The highest BCUT2D eigenvalue weighted by atomic mass is 31.2. The monoisotopic (exact) mass is 466 g/mol. The fraction of sp³-hybridized carbons (Fsp3) is 0.103. The second-order valence-electron chi connectivity index (χ2n) is 8.49. The Labute approximate surface area is 198 Å². The summed E-state index contributed by atoms with van der Waals surface area (Å²) in [5, 5.41) is 4.24. The molecule has 0 fully saturated rings. The smallest absolute Gasteiger partial charge is 0.437 e. The number of methoxy groups -OCH3 is 1. The quantitative estimate of drug-likeness (QED) is 0.251. The minimum Gasteiger partial charge on any atom is -0.497 e. The molecule has 34 heavy (non-hydrogen) atoms. The van der Waals surface area contributed by atoms with Crippen LogP contribution in [0.2, 0.25) is 0 Å². The molecule has 0 bridgehead atoms. The predicted octanol–water partition coefficient (Wildman–Crippen LogP) is 8.39. The third-order valence-electron chi connectivity index (χ3n) is 6.56. The number of ether oxygens (including phenoxy) is 1. The van der Waals surface area contributed by atoms with Crippen LogP contribution < -0.4 is 13.8 Å². The van der Waals surface area contributed by atoms with E-state index in [9.17, 15) is 4.57 Å². The second kappa shape index (κ2) is 7.93. The van der Waals surface area contributed by atoms with Crippen LogP contribution in [0.1, 0.15) is 18.1 Å². The van der Waals surface area contributed by atoms with Crippen molar-refractivity contribution in [2.75, 3.05) is 7.11 Å². The molecule has 6 rings (SSSR count). The topological polar surface area (TPSA) is 44.8 Å². The maximum Gasteiger partial charge on any atom is 0.437 e. The molecule has 1 aliphatic rings. The Balaban J connectivity index is 1.62. The molecule has 1 atom stereocenters. The van der Waals surface area contributed by atoms with Gasteiger partial charge in [0.1, 0.15) is 22.9 Å². The van der Waals surface area contributed by atoms with E-state index in [-0.39, 0.29) is 0 Å². The largest absolute Gasteiger partial charge is 0.497 e.